The minimum Gasteiger partial charge on any atom is -0.318 e. The minimum absolute atomic E-state index is 0.936. The number of aryl methyl sites for hydroxylation is 1. The highest BCUT2D eigenvalue weighted by Crippen LogP contribution is 2.36. The van der Waals surface area contributed by atoms with Crippen LogP contribution in [0, 0.1) is 6.92 Å². The van der Waals surface area contributed by atoms with Gasteiger partial charge in [0.15, 0.2) is 5.17 Å². The molecule has 0 aliphatic carbocycles. The summed E-state index contributed by atoms with van der Waals surface area (Å²) in [4.78, 5) is 6.77. The second-order valence-corrected chi connectivity index (χ2v) is 4.59. The van der Waals surface area contributed by atoms with E-state index < -0.39 is 0 Å². The quantitative estimate of drug-likeness (QED) is 0.717. The number of amidine groups is 1. The predicted octanol–water partition coefficient (Wildman–Crippen LogP) is 2.71. The molecule has 0 bridgehead atoms. The second kappa shape index (κ2) is 3.42. The smallest absolute Gasteiger partial charge is 0.168 e. The molecule has 2 aliphatic rings. The van der Waals surface area contributed by atoms with Gasteiger partial charge in [-0.2, -0.15) is 0 Å². The molecule has 2 heterocycles. The van der Waals surface area contributed by atoms with E-state index in [-0.39, 0.29) is 0 Å². The van der Waals surface area contributed by atoms with Crippen molar-refractivity contribution in [2.24, 2.45) is 4.99 Å². The number of hydrogen-bond donors (Lipinski definition) is 0. The Kier molecular flexibility index (Phi) is 2.06. The van der Waals surface area contributed by atoms with Crippen LogP contribution in [0.2, 0.25) is 0 Å². The summed E-state index contributed by atoms with van der Waals surface area (Å²) in [7, 11) is 0. The molecule has 3 heteroatoms. The lowest BCUT2D eigenvalue weighted by molar-refractivity contribution is 0.649. The maximum atomic E-state index is 4.46. The molecule has 2 nitrogen and oxygen atoms in total. The van der Waals surface area contributed by atoms with Gasteiger partial charge in [-0.25, -0.2) is 0 Å². The van der Waals surface area contributed by atoms with E-state index in [9.17, 15) is 0 Å². The lowest BCUT2D eigenvalue weighted by Gasteiger charge is -2.17. The Morgan fingerprint density at radius 2 is 2.20 bits per heavy atom. The van der Waals surface area contributed by atoms with Crippen molar-refractivity contribution >= 4 is 22.6 Å². The lowest BCUT2D eigenvalue weighted by Crippen LogP contribution is -2.20. The van der Waals surface area contributed by atoms with Gasteiger partial charge in [0.1, 0.15) is 0 Å². The summed E-state index contributed by atoms with van der Waals surface area (Å²) in [5, 5.41) is 3.37. The molecule has 0 saturated carbocycles. The Hall–Kier alpha value is -1.22. The monoisotopic (exact) mass is 216 g/mol. The van der Waals surface area contributed by atoms with Crippen molar-refractivity contribution in [2.45, 2.75) is 6.92 Å². The van der Waals surface area contributed by atoms with Gasteiger partial charge in [0, 0.05) is 17.5 Å². The zero-order chi connectivity index (χ0) is 10.3. The summed E-state index contributed by atoms with van der Waals surface area (Å²) < 4.78 is 0. The van der Waals surface area contributed by atoms with E-state index in [1.807, 2.05) is 0 Å². The Morgan fingerprint density at radius 3 is 3.07 bits per heavy atom. The van der Waals surface area contributed by atoms with Crippen LogP contribution in [0.4, 0.5) is 0 Å². The first-order valence-corrected chi connectivity index (χ1v) is 5.99. The number of aliphatic imine (C=N–C) groups is 1. The fourth-order valence-electron chi connectivity index (χ4n) is 1.99. The number of rotatable bonds is 1. The van der Waals surface area contributed by atoms with Gasteiger partial charge in [-0.3, -0.25) is 4.99 Å². The molecule has 0 N–H and O–H groups in total. The number of thioether (sulfide) groups is 1. The third-order valence-corrected chi connectivity index (χ3v) is 3.69. The number of nitrogens with zero attached hydrogens (tertiary/aromatic N) is 2. The van der Waals surface area contributed by atoms with Crippen LogP contribution in [0.25, 0.3) is 5.70 Å². The Balaban J connectivity index is 2.02. The van der Waals surface area contributed by atoms with Crippen LogP contribution in [-0.2, 0) is 0 Å². The molecule has 1 aromatic rings. The maximum absolute atomic E-state index is 4.46. The van der Waals surface area contributed by atoms with Crippen molar-refractivity contribution in [3.63, 3.8) is 0 Å². The first-order chi connectivity index (χ1) is 7.36. The molecule has 0 spiro atoms. The average Bonchev–Trinajstić information content (AvgIpc) is 2.80. The Labute approximate surface area is 93.7 Å². The third kappa shape index (κ3) is 1.38. The average molecular weight is 216 g/mol. The van der Waals surface area contributed by atoms with Gasteiger partial charge in [-0.05, 0) is 12.5 Å². The highest BCUT2D eigenvalue weighted by molar-refractivity contribution is 8.16. The molecule has 0 unspecified atom stereocenters. The molecule has 0 amide bonds. The van der Waals surface area contributed by atoms with Gasteiger partial charge >= 0.3 is 0 Å². The predicted molar refractivity (Wildman–Crippen MR) is 65.8 cm³/mol. The highest BCUT2D eigenvalue weighted by Gasteiger charge is 2.27. The zero-order valence-electron chi connectivity index (χ0n) is 8.60. The Bertz CT molecular complexity index is 462. The van der Waals surface area contributed by atoms with E-state index in [0.717, 1.165) is 18.3 Å². The van der Waals surface area contributed by atoms with Crippen molar-refractivity contribution in [1.82, 2.24) is 4.90 Å². The van der Waals surface area contributed by atoms with Crippen LogP contribution in [0.15, 0.2) is 34.7 Å². The van der Waals surface area contributed by atoms with E-state index in [0.29, 0.717) is 0 Å². The molecule has 0 atom stereocenters. The van der Waals surface area contributed by atoms with Gasteiger partial charge < -0.3 is 4.90 Å². The van der Waals surface area contributed by atoms with Gasteiger partial charge in [-0.1, -0.05) is 36.0 Å². The fraction of sp³-hybridized carbons (Fsp3) is 0.250. The molecule has 15 heavy (non-hydrogen) atoms. The molecule has 1 aromatic carbocycles. The lowest BCUT2D eigenvalue weighted by atomic mass is 10.1. The molecule has 2 aliphatic heterocycles. The highest BCUT2D eigenvalue weighted by atomic mass is 32.2. The van der Waals surface area contributed by atoms with Crippen LogP contribution in [0.3, 0.4) is 0 Å². The van der Waals surface area contributed by atoms with E-state index in [1.54, 1.807) is 11.8 Å². The summed E-state index contributed by atoms with van der Waals surface area (Å²) in [5.41, 5.74) is 3.98. The van der Waals surface area contributed by atoms with Crippen molar-refractivity contribution in [2.75, 3.05) is 13.1 Å². The van der Waals surface area contributed by atoms with Gasteiger partial charge in [0.05, 0.1) is 12.2 Å². The number of benzene rings is 1. The zero-order valence-corrected chi connectivity index (χ0v) is 9.42. The topological polar surface area (TPSA) is 15.6 Å². The molecule has 0 radical (unpaired) electrons. The number of fused-ring (bicyclic) bond motifs is 1. The SMILES string of the molecule is Cc1ccccc1C1=CSC2=NCCN12. The van der Waals surface area contributed by atoms with E-state index >= 15 is 0 Å². The Morgan fingerprint density at radius 1 is 1.33 bits per heavy atom. The summed E-state index contributed by atoms with van der Waals surface area (Å²) in [6.07, 6.45) is 0. The van der Waals surface area contributed by atoms with Crippen LogP contribution in [0.1, 0.15) is 11.1 Å². The summed E-state index contributed by atoms with van der Waals surface area (Å²) in [6, 6.07) is 8.52. The molecule has 0 fully saturated rings. The van der Waals surface area contributed by atoms with Crippen LogP contribution < -0.4 is 0 Å². The first-order valence-electron chi connectivity index (χ1n) is 5.11. The molecular formula is C12H12N2S. The van der Waals surface area contributed by atoms with Gasteiger partial charge in [0.2, 0.25) is 0 Å². The molecule has 3 rings (SSSR count). The molecule has 0 aromatic heterocycles. The van der Waals surface area contributed by atoms with Gasteiger partial charge in [0.25, 0.3) is 0 Å². The normalized spacial score (nSPS) is 18.9. The molecule has 76 valence electrons. The fourth-order valence-corrected chi connectivity index (χ4v) is 2.95. The first kappa shape index (κ1) is 9.04. The van der Waals surface area contributed by atoms with E-state index in [1.165, 1.54) is 16.8 Å². The van der Waals surface area contributed by atoms with Crippen molar-refractivity contribution in [3.8, 4) is 0 Å². The van der Waals surface area contributed by atoms with Gasteiger partial charge in [-0.15, -0.1) is 0 Å². The van der Waals surface area contributed by atoms with Crippen molar-refractivity contribution in [3.05, 3.63) is 40.8 Å². The van der Waals surface area contributed by atoms with Crippen LogP contribution in [0.5, 0.6) is 0 Å². The summed E-state index contributed by atoms with van der Waals surface area (Å²) >= 11 is 1.74. The largest absolute Gasteiger partial charge is 0.318 e. The summed E-state index contributed by atoms with van der Waals surface area (Å²) in [6.45, 7) is 4.13. The number of hydrogen-bond acceptors (Lipinski definition) is 3. The molecular weight excluding hydrogens is 204 g/mol. The van der Waals surface area contributed by atoms with E-state index in [2.05, 4.69) is 46.5 Å². The standard InChI is InChI=1S/C12H12N2S/c1-9-4-2-3-5-10(9)11-8-15-12-13-6-7-14(11)12/h2-5,8H,6-7H2,1H3. The van der Waals surface area contributed by atoms with E-state index in [4.69, 9.17) is 0 Å². The summed E-state index contributed by atoms with van der Waals surface area (Å²) in [5.74, 6) is 0. The van der Waals surface area contributed by atoms with Crippen molar-refractivity contribution < 1.29 is 0 Å². The van der Waals surface area contributed by atoms with Crippen LogP contribution >= 0.6 is 11.8 Å². The van der Waals surface area contributed by atoms with Crippen LogP contribution in [-0.4, -0.2) is 23.2 Å². The maximum Gasteiger partial charge on any atom is 0.168 e. The molecule has 0 saturated heterocycles. The second-order valence-electron chi connectivity index (χ2n) is 3.75. The van der Waals surface area contributed by atoms with Crippen molar-refractivity contribution in [1.29, 1.82) is 0 Å². The third-order valence-electron chi connectivity index (χ3n) is 2.79. The minimum atomic E-state index is 0.936.